The molecule has 0 aliphatic heterocycles. The highest BCUT2D eigenvalue weighted by Crippen LogP contribution is 2.48. The van der Waals surface area contributed by atoms with E-state index in [1.807, 2.05) is 18.2 Å². The third kappa shape index (κ3) is 4.37. The average molecular weight is 628 g/mol. The van der Waals surface area contributed by atoms with Gasteiger partial charge in [-0.2, -0.15) is 0 Å². The van der Waals surface area contributed by atoms with Gasteiger partial charge in [0.15, 0.2) is 5.58 Å². The van der Waals surface area contributed by atoms with Gasteiger partial charge in [0.25, 0.3) is 0 Å². The lowest BCUT2D eigenvalue weighted by Crippen LogP contribution is -2.11. The maximum absolute atomic E-state index is 6.79. The maximum Gasteiger partial charge on any atom is 0.160 e. The number of nitrogens with zero attached hydrogens (tertiary/aromatic N) is 1. The van der Waals surface area contributed by atoms with E-state index in [0.717, 1.165) is 71.9 Å². The molecule has 0 saturated carbocycles. The van der Waals surface area contributed by atoms with Gasteiger partial charge in [0.2, 0.25) is 0 Å². The molecule has 3 heteroatoms. The molecule has 8 aromatic carbocycles. The van der Waals surface area contributed by atoms with Crippen LogP contribution in [0.15, 0.2) is 185 Å². The summed E-state index contributed by atoms with van der Waals surface area (Å²) >= 11 is 0. The summed E-state index contributed by atoms with van der Waals surface area (Å²) in [6.07, 6.45) is 0. The molecule has 0 bridgehead atoms. The van der Waals surface area contributed by atoms with E-state index in [2.05, 4.69) is 163 Å². The minimum absolute atomic E-state index is 0.846. The Kier molecular flexibility index (Phi) is 6.18. The molecule has 3 nitrogen and oxygen atoms in total. The summed E-state index contributed by atoms with van der Waals surface area (Å²) in [6, 6.07) is 61.9. The van der Waals surface area contributed by atoms with E-state index in [1.54, 1.807) is 0 Å². The fourth-order valence-corrected chi connectivity index (χ4v) is 7.47. The van der Waals surface area contributed by atoms with E-state index in [4.69, 9.17) is 8.83 Å². The molecule has 0 aliphatic carbocycles. The molecule has 0 N–H and O–H groups in total. The van der Waals surface area contributed by atoms with Crippen molar-refractivity contribution in [3.63, 3.8) is 0 Å². The van der Waals surface area contributed by atoms with Crippen molar-refractivity contribution in [2.45, 2.75) is 0 Å². The molecular weight excluding hydrogens is 599 g/mol. The molecule has 2 heterocycles. The lowest BCUT2D eigenvalue weighted by molar-refractivity contribution is 0.668. The summed E-state index contributed by atoms with van der Waals surface area (Å²) in [7, 11) is 0. The van der Waals surface area contributed by atoms with Gasteiger partial charge in [-0.05, 0) is 75.5 Å². The second kappa shape index (κ2) is 11.0. The second-order valence-electron chi connectivity index (χ2n) is 12.5. The summed E-state index contributed by atoms with van der Waals surface area (Å²) in [5.41, 5.74) is 11.2. The number of fused-ring (bicyclic) bond motifs is 8. The van der Waals surface area contributed by atoms with Crippen LogP contribution >= 0.6 is 0 Å². The zero-order valence-electron chi connectivity index (χ0n) is 26.5. The van der Waals surface area contributed by atoms with E-state index in [1.165, 1.54) is 22.1 Å². The Morgan fingerprint density at radius 3 is 1.69 bits per heavy atom. The predicted molar refractivity (Wildman–Crippen MR) is 204 cm³/mol. The van der Waals surface area contributed by atoms with E-state index < -0.39 is 0 Å². The van der Waals surface area contributed by atoms with Crippen molar-refractivity contribution in [2.24, 2.45) is 0 Å². The van der Waals surface area contributed by atoms with Crippen LogP contribution in [0.5, 0.6) is 0 Å². The molecule has 10 rings (SSSR count). The summed E-state index contributed by atoms with van der Waals surface area (Å²) in [6.45, 7) is 0. The first-order valence-corrected chi connectivity index (χ1v) is 16.6. The van der Waals surface area contributed by atoms with Gasteiger partial charge in [0.05, 0.1) is 16.8 Å². The van der Waals surface area contributed by atoms with Crippen LogP contribution in [0.3, 0.4) is 0 Å². The Hall–Kier alpha value is -6.58. The van der Waals surface area contributed by atoms with E-state index >= 15 is 0 Å². The van der Waals surface area contributed by atoms with Crippen molar-refractivity contribution in [3.8, 4) is 22.3 Å². The highest BCUT2D eigenvalue weighted by molar-refractivity contribution is 6.24. The SMILES string of the molecule is c1ccc(-c2ccccc2-c2ccc(N(c3cc4ccccc4c4c3oc3ccccc34)c3cccc4oc5ccccc5c34)cc2)cc1. The number of para-hydroxylation sites is 2. The van der Waals surface area contributed by atoms with Gasteiger partial charge in [0, 0.05) is 21.8 Å². The largest absolute Gasteiger partial charge is 0.456 e. The van der Waals surface area contributed by atoms with Crippen molar-refractivity contribution in [1.29, 1.82) is 0 Å². The summed E-state index contributed by atoms with van der Waals surface area (Å²) in [4.78, 5) is 2.34. The number of hydrogen-bond acceptors (Lipinski definition) is 3. The van der Waals surface area contributed by atoms with Crippen molar-refractivity contribution in [2.75, 3.05) is 4.90 Å². The van der Waals surface area contributed by atoms with Crippen LogP contribution in [0.25, 0.3) is 76.9 Å². The van der Waals surface area contributed by atoms with E-state index in [-0.39, 0.29) is 0 Å². The van der Waals surface area contributed by atoms with Crippen molar-refractivity contribution < 1.29 is 8.83 Å². The molecule has 0 spiro atoms. The Labute approximate surface area is 282 Å². The van der Waals surface area contributed by atoms with E-state index in [9.17, 15) is 0 Å². The summed E-state index contributed by atoms with van der Waals surface area (Å²) < 4.78 is 13.2. The van der Waals surface area contributed by atoms with Gasteiger partial charge in [-0.25, -0.2) is 0 Å². The average Bonchev–Trinajstić information content (AvgIpc) is 3.75. The monoisotopic (exact) mass is 627 g/mol. The standard InChI is InChI=1S/C46H29NO2/c1-2-13-30(14-3-1)34-16-6-7-17-35(34)31-25-27-33(28-26-31)47(39-21-12-24-43-45(39)38-20-9-10-22-41(38)48-43)40-29-32-15-4-5-18-36(32)44-37-19-8-11-23-42(37)49-46(40)44/h1-29H. The second-order valence-corrected chi connectivity index (χ2v) is 12.5. The van der Waals surface area contributed by atoms with Crippen molar-refractivity contribution in [3.05, 3.63) is 176 Å². The smallest absolute Gasteiger partial charge is 0.160 e. The number of hydrogen-bond donors (Lipinski definition) is 0. The minimum Gasteiger partial charge on any atom is -0.456 e. The third-order valence-electron chi connectivity index (χ3n) is 9.66. The predicted octanol–water partition coefficient (Wildman–Crippen LogP) is 13.4. The number of rotatable bonds is 5. The van der Waals surface area contributed by atoms with Gasteiger partial charge in [-0.15, -0.1) is 0 Å². The van der Waals surface area contributed by atoms with Crippen LogP contribution in [-0.4, -0.2) is 0 Å². The van der Waals surface area contributed by atoms with Gasteiger partial charge in [0.1, 0.15) is 16.7 Å². The third-order valence-corrected chi connectivity index (χ3v) is 9.66. The molecule has 230 valence electrons. The van der Waals surface area contributed by atoms with Crippen LogP contribution in [0.1, 0.15) is 0 Å². The first-order chi connectivity index (χ1) is 24.3. The fourth-order valence-electron chi connectivity index (χ4n) is 7.47. The topological polar surface area (TPSA) is 29.5 Å². The molecule has 0 unspecified atom stereocenters. The maximum atomic E-state index is 6.79. The van der Waals surface area contributed by atoms with Crippen LogP contribution in [0, 0.1) is 0 Å². The van der Waals surface area contributed by atoms with Crippen molar-refractivity contribution in [1.82, 2.24) is 0 Å². The van der Waals surface area contributed by atoms with Crippen LogP contribution in [-0.2, 0) is 0 Å². The highest BCUT2D eigenvalue weighted by Gasteiger charge is 2.24. The normalized spacial score (nSPS) is 11.7. The Bertz CT molecular complexity index is 2830. The first kappa shape index (κ1) is 27.5. The Balaban J connectivity index is 1.25. The molecule has 10 aromatic rings. The van der Waals surface area contributed by atoms with Crippen molar-refractivity contribution >= 4 is 71.7 Å². The molecule has 2 aromatic heterocycles. The van der Waals surface area contributed by atoms with E-state index in [0.29, 0.717) is 0 Å². The van der Waals surface area contributed by atoms with Gasteiger partial charge in [-0.3, -0.25) is 0 Å². The quantitative estimate of drug-likeness (QED) is 0.190. The lowest BCUT2D eigenvalue weighted by atomic mass is 9.94. The zero-order valence-corrected chi connectivity index (χ0v) is 26.5. The summed E-state index contributed by atoms with van der Waals surface area (Å²) in [5, 5.41) is 6.69. The van der Waals surface area contributed by atoms with Crippen LogP contribution in [0.2, 0.25) is 0 Å². The molecule has 0 radical (unpaired) electrons. The number of benzene rings is 8. The molecule has 49 heavy (non-hydrogen) atoms. The fraction of sp³-hybridized carbons (Fsp3) is 0. The summed E-state index contributed by atoms with van der Waals surface area (Å²) in [5.74, 6) is 0. The van der Waals surface area contributed by atoms with Gasteiger partial charge < -0.3 is 13.7 Å². The Morgan fingerprint density at radius 2 is 0.939 bits per heavy atom. The molecule has 0 atom stereocenters. The highest BCUT2D eigenvalue weighted by atomic mass is 16.3. The number of anilines is 3. The molecule has 0 fully saturated rings. The van der Waals surface area contributed by atoms with Gasteiger partial charge >= 0.3 is 0 Å². The zero-order chi connectivity index (χ0) is 32.3. The molecule has 0 saturated heterocycles. The molecule has 0 amide bonds. The minimum atomic E-state index is 0.846. The first-order valence-electron chi connectivity index (χ1n) is 16.6. The number of furan rings is 2. The molecule has 0 aliphatic rings. The Morgan fingerprint density at radius 1 is 0.367 bits per heavy atom. The van der Waals surface area contributed by atoms with Crippen LogP contribution in [0.4, 0.5) is 17.1 Å². The van der Waals surface area contributed by atoms with Crippen LogP contribution < -0.4 is 4.90 Å². The molecular formula is C46H29NO2. The van der Waals surface area contributed by atoms with Gasteiger partial charge in [-0.1, -0.05) is 133 Å². The lowest BCUT2D eigenvalue weighted by Gasteiger charge is -2.27.